The first kappa shape index (κ1) is 18.8. The second-order valence-electron chi connectivity index (χ2n) is 7.42. The number of nitrogens with zero attached hydrogens (tertiary/aromatic N) is 1. The number of rotatable bonds is 3. The highest BCUT2D eigenvalue weighted by Gasteiger charge is 2.27. The second-order valence-corrected chi connectivity index (χ2v) is 7.42. The average Bonchev–Trinajstić information content (AvgIpc) is 3.11. The molecule has 0 aliphatic carbocycles. The number of hydrogen-bond acceptors (Lipinski definition) is 4. The van der Waals surface area contributed by atoms with Crippen LogP contribution in [-0.2, 0) is 16.0 Å². The van der Waals surface area contributed by atoms with Crippen LogP contribution in [0.15, 0.2) is 47.1 Å². The Balaban J connectivity index is 1.70. The third-order valence-electron chi connectivity index (χ3n) is 4.02. The van der Waals surface area contributed by atoms with Gasteiger partial charge in [-0.25, -0.2) is 4.79 Å². The summed E-state index contributed by atoms with van der Waals surface area (Å²) >= 11 is 0. The molecule has 6 heteroatoms. The number of hydrogen-bond donors (Lipinski definition) is 1. The number of furan rings is 1. The van der Waals surface area contributed by atoms with Gasteiger partial charge in [0.15, 0.2) is 0 Å². The first-order chi connectivity index (χ1) is 12.8. The van der Waals surface area contributed by atoms with Crippen molar-refractivity contribution in [3.05, 3.63) is 54.0 Å². The quantitative estimate of drug-likeness (QED) is 0.803. The van der Waals surface area contributed by atoms with Crippen LogP contribution in [0.2, 0.25) is 0 Å². The van der Waals surface area contributed by atoms with Gasteiger partial charge in [-0.3, -0.25) is 9.69 Å². The van der Waals surface area contributed by atoms with Crippen molar-refractivity contribution >= 4 is 29.5 Å². The fourth-order valence-electron chi connectivity index (χ4n) is 2.91. The van der Waals surface area contributed by atoms with Crippen molar-refractivity contribution in [2.75, 3.05) is 16.8 Å². The van der Waals surface area contributed by atoms with Gasteiger partial charge in [0.05, 0.1) is 12.0 Å². The third-order valence-corrected chi connectivity index (χ3v) is 4.02. The van der Waals surface area contributed by atoms with Crippen molar-refractivity contribution in [3.63, 3.8) is 0 Å². The lowest BCUT2D eigenvalue weighted by Crippen LogP contribution is -2.39. The molecule has 1 aliphatic rings. The van der Waals surface area contributed by atoms with Gasteiger partial charge in [-0.2, -0.15) is 0 Å². The monoisotopic (exact) mass is 368 g/mol. The summed E-state index contributed by atoms with van der Waals surface area (Å²) in [5.74, 6) is 0.370. The Morgan fingerprint density at radius 2 is 2.07 bits per heavy atom. The Labute approximate surface area is 158 Å². The van der Waals surface area contributed by atoms with Gasteiger partial charge in [0.2, 0.25) is 5.91 Å². The summed E-state index contributed by atoms with van der Waals surface area (Å²) in [6, 6.07) is 9.08. The van der Waals surface area contributed by atoms with Crippen LogP contribution in [0.5, 0.6) is 0 Å². The van der Waals surface area contributed by atoms with Crippen LogP contribution in [0.25, 0.3) is 6.08 Å². The molecule has 142 valence electrons. The number of anilines is 2. The zero-order valence-electron chi connectivity index (χ0n) is 15.8. The zero-order chi connectivity index (χ0) is 19.4. The topological polar surface area (TPSA) is 71.8 Å². The van der Waals surface area contributed by atoms with Crippen LogP contribution in [0.3, 0.4) is 0 Å². The largest absolute Gasteiger partial charge is 0.465 e. The highest BCUT2D eigenvalue weighted by atomic mass is 16.6. The highest BCUT2D eigenvalue weighted by molar-refractivity contribution is 6.02. The van der Waals surface area contributed by atoms with Crippen LogP contribution >= 0.6 is 0 Å². The van der Waals surface area contributed by atoms with E-state index < -0.39 is 5.60 Å². The lowest BCUT2D eigenvalue weighted by atomic mass is 10.0. The van der Waals surface area contributed by atoms with E-state index in [-0.39, 0.29) is 12.0 Å². The van der Waals surface area contributed by atoms with E-state index in [2.05, 4.69) is 5.32 Å². The SMILES string of the molecule is CC(C)(C)OC(=O)N1CCCc2cc(NC(=O)C=Cc3ccco3)ccc21. The molecular formula is C21H24N2O4. The molecule has 0 unspecified atom stereocenters. The molecule has 27 heavy (non-hydrogen) atoms. The van der Waals surface area contributed by atoms with Crippen molar-refractivity contribution in [3.8, 4) is 0 Å². The van der Waals surface area contributed by atoms with Gasteiger partial charge in [0.1, 0.15) is 11.4 Å². The molecule has 6 nitrogen and oxygen atoms in total. The third kappa shape index (κ3) is 5.00. The molecule has 0 radical (unpaired) electrons. The standard InChI is InChI=1S/C21H24N2O4/c1-21(2,3)27-20(25)23-12-4-6-15-14-16(8-10-18(15)23)22-19(24)11-9-17-7-5-13-26-17/h5,7-11,13-14H,4,6,12H2,1-3H3,(H,22,24). The van der Waals surface area contributed by atoms with Gasteiger partial charge in [-0.05, 0) is 75.6 Å². The van der Waals surface area contributed by atoms with Gasteiger partial charge >= 0.3 is 6.09 Å². The van der Waals surface area contributed by atoms with E-state index in [4.69, 9.17) is 9.15 Å². The molecule has 0 atom stereocenters. The van der Waals surface area contributed by atoms with Crippen LogP contribution in [0.4, 0.5) is 16.2 Å². The summed E-state index contributed by atoms with van der Waals surface area (Å²) in [4.78, 5) is 26.2. The molecule has 1 aliphatic heterocycles. The van der Waals surface area contributed by atoms with Crippen molar-refractivity contribution in [1.82, 2.24) is 0 Å². The maximum Gasteiger partial charge on any atom is 0.414 e. The predicted octanol–water partition coefficient (Wildman–Crippen LogP) is 4.62. The van der Waals surface area contributed by atoms with Gasteiger partial charge in [-0.15, -0.1) is 0 Å². The molecule has 1 aromatic carbocycles. The van der Waals surface area contributed by atoms with Crippen LogP contribution < -0.4 is 10.2 Å². The van der Waals surface area contributed by atoms with E-state index >= 15 is 0 Å². The van der Waals surface area contributed by atoms with E-state index in [1.807, 2.05) is 32.9 Å². The summed E-state index contributed by atoms with van der Waals surface area (Å²) in [6.07, 6.45) is 5.94. The van der Waals surface area contributed by atoms with E-state index in [1.54, 1.807) is 35.4 Å². The van der Waals surface area contributed by atoms with Crippen molar-refractivity contribution in [1.29, 1.82) is 0 Å². The highest BCUT2D eigenvalue weighted by Crippen LogP contribution is 2.31. The summed E-state index contributed by atoms with van der Waals surface area (Å²) in [5.41, 5.74) is 2.00. The predicted molar refractivity (Wildman–Crippen MR) is 105 cm³/mol. The minimum absolute atomic E-state index is 0.244. The van der Waals surface area contributed by atoms with Crippen molar-refractivity contribution in [2.45, 2.75) is 39.2 Å². The molecule has 2 aromatic rings. The molecule has 0 saturated carbocycles. The minimum atomic E-state index is -0.539. The Morgan fingerprint density at radius 1 is 1.26 bits per heavy atom. The van der Waals surface area contributed by atoms with Gasteiger partial charge in [0, 0.05) is 18.3 Å². The van der Waals surface area contributed by atoms with Gasteiger partial charge < -0.3 is 14.5 Å². The average molecular weight is 368 g/mol. The Kier molecular flexibility index (Phi) is 5.35. The number of amides is 2. The lowest BCUT2D eigenvalue weighted by Gasteiger charge is -2.32. The summed E-state index contributed by atoms with van der Waals surface area (Å²) < 4.78 is 10.7. The molecule has 1 aromatic heterocycles. The Morgan fingerprint density at radius 3 is 2.78 bits per heavy atom. The molecule has 0 bridgehead atoms. The molecule has 2 amide bonds. The summed E-state index contributed by atoms with van der Waals surface area (Å²) in [6.45, 7) is 6.18. The zero-order valence-corrected chi connectivity index (χ0v) is 15.8. The molecule has 2 heterocycles. The van der Waals surface area contributed by atoms with Gasteiger partial charge in [-0.1, -0.05) is 0 Å². The van der Waals surface area contributed by atoms with Crippen LogP contribution in [0.1, 0.15) is 38.5 Å². The summed E-state index contributed by atoms with van der Waals surface area (Å²) in [7, 11) is 0. The normalized spacial score (nSPS) is 14.1. The first-order valence-corrected chi connectivity index (χ1v) is 8.98. The number of benzene rings is 1. The molecule has 0 fully saturated rings. The lowest BCUT2D eigenvalue weighted by molar-refractivity contribution is -0.111. The van der Waals surface area contributed by atoms with Crippen molar-refractivity contribution in [2.24, 2.45) is 0 Å². The van der Waals surface area contributed by atoms with Crippen LogP contribution in [-0.4, -0.2) is 24.1 Å². The first-order valence-electron chi connectivity index (χ1n) is 8.98. The molecular weight excluding hydrogens is 344 g/mol. The fraction of sp³-hybridized carbons (Fsp3) is 0.333. The summed E-state index contributed by atoms with van der Waals surface area (Å²) in [5, 5.41) is 2.83. The molecule has 3 rings (SSSR count). The molecule has 0 spiro atoms. The number of carbonyl (C=O) groups is 2. The Hall–Kier alpha value is -3.02. The van der Waals surface area contributed by atoms with E-state index in [9.17, 15) is 9.59 Å². The van der Waals surface area contributed by atoms with E-state index in [0.29, 0.717) is 18.0 Å². The Bertz CT molecular complexity index is 848. The molecule has 1 N–H and O–H groups in total. The molecule has 0 saturated heterocycles. The smallest absolute Gasteiger partial charge is 0.414 e. The van der Waals surface area contributed by atoms with Gasteiger partial charge in [0.25, 0.3) is 0 Å². The maximum absolute atomic E-state index is 12.5. The van der Waals surface area contributed by atoms with Crippen LogP contribution in [0, 0.1) is 0 Å². The van der Waals surface area contributed by atoms with E-state index in [0.717, 1.165) is 24.1 Å². The number of ether oxygens (including phenoxy) is 1. The fourth-order valence-corrected chi connectivity index (χ4v) is 2.91. The number of nitrogens with one attached hydrogen (secondary N) is 1. The number of aryl methyl sites for hydroxylation is 1. The second kappa shape index (κ2) is 7.70. The number of carbonyl (C=O) groups excluding carboxylic acids is 2. The minimum Gasteiger partial charge on any atom is -0.465 e. The van der Waals surface area contributed by atoms with Crippen molar-refractivity contribution < 1.29 is 18.7 Å². The maximum atomic E-state index is 12.5. The van der Waals surface area contributed by atoms with E-state index in [1.165, 1.54) is 6.08 Å². The number of fused-ring (bicyclic) bond motifs is 1.